The highest BCUT2D eigenvalue weighted by Crippen LogP contribution is 2.25. The fourth-order valence-corrected chi connectivity index (χ4v) is 2.11. The molecule has 0 heterocycles. The molecule has 0 saturated heterocycles. The molecule has 0 aliphatic heterocycles. The third-order valence-corrected chi connectivity index (χ3v) is 3.45. The average molecular weight is 322 g/mol. The molecule has 2 aromatic rings. The summed E-state index contributed by atoms with van der Waals surface area (Å²) in [6.07, 6.45) is 0. The number of hydrogen-bond acceptors (Lipinski definition) is 5. The molecule has 2 aromatic carbocycles. The van der Waals surface area contributed by atoms with Crippen LogP contribution in [0, 0.1) is 0 Å². The highest BCUT2D eigenvalue weighted by atomic mass is 32.2. The molecule has 0 aromatic heterocycles. The monoisotopic (exact) mass is 322 g/mol. The van der Waals surface area contributed by atoms with Gasteiger partial charge in [-0.25, -0.2) is 18.0 Å². The Bertz CT molecular complexity index is 798. The maximum Gasteiger partial charge on any atom is 0.336 e. The van der Waals surface area contributed by atoms with Crippen molar-refractivity contribution in [3.63, 3.8) is 0 Å². The second kappa shape index (κ2) is 6.27. The zero-order valence-electron chi connectivity index (χ0n) is 10.9. The summed E-state index contributed by atoms with van der Waals surface area (Å²) in [4.78, 5) is 22.1. The normalized spacial score (nSPS) is 10.4. The van der Waals surface area contributed by atoms with Crippen LogP contribution in [0.25, 0.3) is 0 Å². The zero-order valence-corrected chi connectivity index (χ0v) is 11.8. The van der Waals surface area contributed by atoms with Crippen molar-refractivity contribution in [3.8, 4) is 11.5 Å². The van der Waals surface area contributed by atoms with Crippen molar-refractivity contribution in [2.75, 3.05) is 0 Å². The molecule has 8 heteroatoms. The van der Waals surface area contributed by atoms with Gasteiger partial charge in [0.2, 0.25) is 0 Å². The van der Waals surface area contributed by atoms with Gasteiger partial charge in [-0.15, -0.1) is 0 Å². The molecule has 0 bridgehead atoms. The summed E-state index contributed by atoms with van der Waals surface area (Å²) >= 11 is 0. The zero-order chi connectivity index (χ0) is 16.3. The molecule has 2 N–H and O–H groups in total. The Labute approximate surface area is 126 Å². The molecule has 114 valence electrons. The van der Waals surface area contributed by atoms with Gasteiger partial charge >= 0.3 is 11.9 Å². The van der Waals surface area contributed by atoms with Crippen molar-refractivity contribution in [2.24, 2.45) is 0 Å². The smallest absolute Gasteiger partial charge is 0.336 e. The molecule has 0 atom stereocenters. The van der Waals surface area contributed by atoms with Gasteiger partial charge in [-0.2, -0.15) is 0 Å². The summed E-state index contributed by atoms with van der Waals surface area (Å²) in [6.45, 7) is 0. The van der Waals surface area contributed by atoms with Gasteiger partial charge < -0.3 is 14.9 Å². The number of thiol groups is 1. The maximum atomic E-state index is 11.1. The summed E-state index contributed by atoms with van der Waals surface area (Å²) in [5, 5.41) is 17.9. The molecule has 0 fully saturated rings. The number of rotatable bonds is 5. The van der Waals surface area contributed by atoms with E-state index in [0.717, 1.165) is 12.1 Å². The summed E-state index contributed by atoms with van der Waals surface area (Å²) < 4.78 is 26.9. The van der Waals surface area contributed by atoms with E-state index in [1.165, 1.54) is 30.3 Å². The minimum absolute atomic E-state index is 0.120. The van der Waals surface area contributed by atoms with Crippen LogP contribution >= 0.6 is 0 Å². The highest BCUT2D eigenvalue weighted by Gasteiger charge is 2.17. The standard InChI is InChI=1S/C14H10O7S/c15-13(16)11-6-3-9(7-12(11)14(17)18)21-8-1-4-10(5-2-8)22(19)20/h1-7,22H,(H,15,16)(H,17,18). The van der Waals surface area contributed by atoms with Crippen LogP contribution in [0.1, 0.15) is 20.7 Å². The number of carbonyl (C=O) groups is 2. The lowest BCUT2D eigenvalue weighted by atomic mass is 10.1. The van der Waals surface area contributed by atoms with Crippen molar-refractivity contribution in [1.29, 1.82) is 0 Å². The lowest BCUT2D eigenvalue weighted by Crippen LogP contribution is -2.07. The van der Waals surface area contributed by atoms with Gasteiger partial charge in [0, 0.05) is 0 Å². The fourth-order valence-electron chi connectivity index (χ4n) is 1.72. The van der Waals surface area contributed by atoms with Crippen molar-refractivity contribution < 1.29 is 33.0 Å². The summed E-state index contributed by atoms with van der Waals surface area (Å²) in [5.41, 5.74) is -0.747. The average Bonchev–Trinajstić information content (AvgIpc) is 2.47. The number of benzene rings is 2. The van der Waals surface area contributed by atoms with Gasteiger partial charge in [-0.05, 0) is 42.5 Å². The first kappa shape index (κ1) is 15.5. The summed E-state index contributed by atoms with van der Waals surface area (Å²) in [6, 6.07) is 9.03. The molecule has 0 unspecified atom stereocenters. The van der Waals surface area contributed by atoms with Gasteiger partial charge in [0.1, 0.15) is 11.5 Å². The Balaban J connectivity index is 2.32. The molecule has 0 amide bonds. The van der Waals surface area contributed by atoms with Crippen LogP contribution in [0.4, 0.5) is 0 Å². The molecule has 22 heavy (non-hydrogen) atoms. The molecule has 7 nitrogen and oxygen atoms in total. The number of aromatic carboxylic acids is 2. The largest absolute Gasteiger partial charge is 0.478 e. The van der Waals surface area contributed by atoms with Gasteiger partial charge in [0.15, 0.2) is 10.7 Å². The summed E-state index contributed by atoms with van der Waals surface area (Å²) in [7, 11) is -2.69. The van der Waals surface area contributed by atoms with E-state index in [2.05, 4.69) is 0 Å². The molecule has 0 radical (unpaired) electrons. The predicted octanol–water partition coefficient (Wildman–Crippen LogP) is 1.85. The minimum Gasteiger partial charge on any atom is -0.478 e. The molecule has 0 spiro atoms. The van der Waals surface area contributed by atoms with Crippen molar-refractivity contribution in [3.05, 3.63) is 53.6 Å². The van der Waals surface area contributed by atoms with Crippen LogP contribution in [-0.4, -0.2) is 30.6 Å². The fraction of sp³-hybridized carbons (Fsp3) is 0. The van der Waals surface area contributed by atoms with Gasteiger partial charge in [0.05, 0.1) is 16.0 Å². The van der Waals surface area contributed by atoms with E-state index in [1.54, 1.807) is 0 Å². The first-order valence-electron chi connectivity index (χ1n) is 5.91. The molecule has 2 rings (SSSR count). The molecule has 0 aliphatic carbocycles. The second-order valence-corrected chi connectivity index (χ2v) is 5.20. The van der Waals surface area contributed by atoms with E-state index in [1.807, 2.05) is 0 Å². The van der Waals surface area contributed by atoms with Gasteiger partial charge in [-0.3, -0.25) is 0 Å². The number of carboxylic acids is 2. The van der Waals surface area contributed by atoms with E-state index < -0.39 is 28.2 Å². The summed E-state index contributed by atoms with van der Waals surface area (Å²) in [5.74, 6) is -2.32. The maximum absolute atomic E-state index is 11.1. The van der Waals surface area contributed by atoms with Crippen LogP contribution in [0.3, 0.4) is 0 Å². The third-order valence-electron chi connectivity index (χ3n) is 2.74. The van der Waals surface area contributed by atoms with Crippen LogP contribution in [0.5, 0.6) is 11.5 Å². The van der Waals surface area contributed by atoms with Crippen LogP contribution in [0.15, 0.2) is 47.4 Å². The Morgan fingerprint density at radius 1 is 0.818 bits per heavy atom. The lowest BCUT2D eigenvalue weighted by Gasteiger charge is -2.08. The number of carboxylic acid groups (broad SMARTS) is 2. The first-order valence-corrected chi connectivity index (χ1v) is 7.09. The van der Waals surface area contributed by atoms with E-state index in [-0.39, 0.29) is 16.2 Å². The Hall–Kier alpha value is -2.87. The SMILES string of the molecule is O=C(O)c1ccc(Oc2ccc([SH](=O)=O)cc2)cc1C(=O)O. The number of ether oxygens (including phenoxy) is 1. The van der Waals surface area contributed by atoms with E-state index in [0.29, 0.717) is 5.75 Å². The molecule has 0 saturated carbocycles. The lowest BCUT2D eigenvalue weighted by molar-refractivity contribution is 0.0651. The van der Waals surface area contributed by atoms with E-state index >= 15 is 0 Å². The van der Waals surface area contributed by atoms with Gasteiger partial charge in [0.25, 0.3) is 0 Å². The van der Waals surface area contributed by atoms with Crippen LogP contribution in [0.2, 0.25) is 0 Å². The minimum atomic E-state index is -2.69. The van der Waals surface area contributed by atoms with Crippen molar-refractivity contribution in [1.82, 2.24) is 0 Å². The topological polar surface area (TPSA) is 118 Å². The number of hydrogen-bond donors (Lipinski definition) is 3. The second-order valence-electron chi connectivity index (χ2n) is 4.17. The van der Waals surface area contributed by atoms with E-state index in [4.69, 9.17) is 14.9 Å². The Kier molecular flexibility index (Phi) is 4.42. The van der Waals surface area contributed by atoms with Crippen LogP contribution in [-0.2, 0) is 10.7 Å². The quantitative estimate of drug-likeness (QED) is 0.719. The van der Waals surface area contributed by atoms with Crippen molar-refractivity contribution in [2.45, 2.75) is 4.90 Å². The Morgan fingerprint density at radius 2 is 1.36 bits per heavy atom. The highest BCUT2D eigenvalue weighted by molar-refractivity contribution is 7.72. The predicted molar refractivity (Wildman–Crippen MR) is 75.5 cm³/mol. The van der Waals surface area contributed by atoms with Gasteiger partial charge in [-0.1, -0.05) is 0 Å². The molecular formula is C14H10O7S. The molecule has 0 aliphatic rings. The molecular weight excluding hydrogens is 312 g/mol. The van der Waals surface area contributed by atoms with Crippen LogP contribution < -0.4 is 4.74 Å². The van der Waals surface area contributed by atoms with Crippen molar-refractivity contribution >= 4 is 22.6 Å². The first-order chi connectivity index (χ1) is 10.4. The van der Waals surface area contributed by atoms with E-state index in [9.17, 15) is 18.0 Å². The third kappa shape index (κ3) is 3.41. The Morgan fingerprint density at radius 3 is 1.86 bits per heavy atom.